The lowest BCUT2D eigenvalue weighted by molar-refractivity contribution is 0.414. The Kier molecular flexibility index (Phi) is 4.39. The SMILES string of the molecule is COc1ccc(SCC(F)Cl)cc1. The highest BCUT2D eigenvalue weighted by atomic mass is 35.5. The summed E-state index contributed by atoms with van der Waals surface area (Å²) in [6.45, 7) is 0. The molecule has 1 rings (SSSR count). The number of alkyl halides is 2. The standard InChI is InChI=1S/C9H10ClFOS/c1-12-7-2-4-8(5-3-7)13-6-9(10)11/h2-5,9H,6H2,1H3. The Morgan fingerprint density at radius 3 is 2.54 bits per heavy atom. The maximum atomic E-state index is 12.3. The first-order chi connectivity index (χ1) is 6.22. The number of ether oxygens (including phenoxy) is 1. The van der Waals surface area contributed by atoms with Crippen LogP contribution in [0.15, 0.2) is 29.2 Å². The summed E-state index contributed by atoms with van der Waals surface area (Å²) in [6, 6.07) is 7.43. The van der Waals surface area contributed by atoms with Gasteiger partial charge in [0.15, 0.2) is 5.63 Å². The summed E-state index contributed by atoms with van der Waals surface area (Å²) < 4.78 is 17.2. The smallest absolute Gasteiger partial charge is 0.182 e. The molecule has 0 radical (unpaired) electrons. The van der Waals surface area contributed by atoms with Crippen molar-refractivity contribution in [3.63, 3.8) is 0 Å². The van der Waals surface area contributed by atoms with Crippen molar-refractivity contribution in [1.29, 1.82) is 0 Å². The fourth-order valence-electron chi connectivity index (χ4n) is 0.831. The molecule has 0 fully saturated rings. The highest BCUT2D eigenvalue weighted by molar-refractivity contribution is 7.99. The molecule has 0 heterocycles. The van der Waals surface area contributed by atoms with Crippen LogP contribution in [0, 0.1) is 0 Å². The first-order valence-corrected chi connectivity index (χ1v) is 5.19. The van der Waals surface area contributed by atoms with Gasteiger partial charge in [-0.05, 0) is 24.3 Å². The van der Waals surface area contributed by atoms with Crippen molar-refractivity contribution in [2.45, 2.75) is 10.5 Å². The number of hydrogen-bond acceptors (Lipinski definition) is 2. The van der Waals surface area contributed by atoms with E-state index >= 15 is 0 Å². The third-order valence-corrected chi connectivity index (χ3v) is 2.84. The highest BCUT2D eigenvalue weighted by Crippen LogP contribution is 2.23. The summed E-state index contributed by atoms with van der Waals surface area (Å²) in [5.74, 6) is 1.07. The van der Waals surface area contributed by atoms with Gasteiger partial charge in [0.25, 0.3) is 0 Å². The minimum absolute atomic E-state index is 0.272. The van der Waals surface area contributed by atoms with E-state index in [-0.39, 0.29) is 5.75 Å². The summed E-state index contributed by atoms with van der Waals surface area (Å²) in [5.41, 5.74) is -1.29. The zero-order valence-electron chi connectivity index (χ0n) is 7.17. The zero-order chi connectivity index (χ0) is 9.68. The third kappa shape index (κ3) is 3.87. The molecule has 0 aliphatic carbocycles. The van der Waals surface area contributed by atoms with Gasteiger partial charge in [-0.3, -0.25) is 0 Å². The Hall–Kier alpha value is -0.410. The number of benzene rings is 1. The second kappa shape index (κ2) is 5.35. The molecule has 1 nitrogen and oxygen atoms in total. The van der Waals surface area contributed by atoms with Gasteiger partial charge in [-0.1, -0.05) is 11.6 Å². The van der Waals surface area contributed by atoms with Crippen LogP contribution in [0.1, 0.15) is 0 Å². The molecule has 72 valence electrons. The average Bonchev–Trinajstić information content (AvgIpc) is 2.15. The molecule has 4 heteroatoms. The van der Waals surface area contributed by atoms with Crippen LogP contribution in [0.3, 0.4) is 0 Å². The van der Waals surface area contributed by atoms with Crippen molar-refractivity contribution in [1.82, 2.24) is 0 Å². The predicted octanol–water partition coefficient (Wildman–Crippen LogP) is 3.32. The summed E-state index contributed by atoms with van der Waals surface area (Å²) in [4.78, 5) is 0.990. The van der Waals surface area contributed by atoms with E-state index in [1.54, 1.807) is 7.11 Å². The molecule has 0 amide bonds. The summed E-state index contributed by atoms with van der Waals surface area (Å²) >= 11 is 6.56. The molecule has 1 atom stereocenters. The largest absolute Gasteiger partial charge is 0.497 e. The van der Waals surface area contributed by atoms with E-state index in [1.165, 1.54) is 11.8 Å². The van der Waals surface area contributed by atoms with Crippen molar-refractivity contribution >= 4 is 23.4 Å². The first kappa shape index (κ1) is 10.7. The van der Waals surface area contributed by atoms with Crippen LogP contribution in [-0.2, 0) is 0 Å². The minimum Gasteiger partial charge on any atom is -0.497 e. The van der Waals surface area contributed by atoms with Gasteiger partial charge in [-0.25, -0.2) is 4.39 Å². The van der Waals surface area contributed by atoms with Crippen LogP contribution in [0.4, 0.5) is 4.39 Å². The minimum atomic E-state index is -1.29. The molecule has 0 spiro atoms. The van der Waals surface area contributed by atoms with E-state index < -0.39 is 5.63 Å². The lowest BCUT2D eigenvalue weighted by Crippen LogP contribution is -1.91. The highest BCUT2D eigenvalue weighted by Gasteiger charge is 2.01. The molecule has 13 heavy (non-hydrogen) atoms. The van der Waals surface area contributed by atoms with E-state index in [0.29, 0.717) is 0 Å². The van der Waals surface area contributed by atoms with Gasteiger partial charge in [0, 0.05) is 10.6 Å². The Morgan fingerprint density at radius 1 is 1.46 bits per heavy atom. The average molecular weight is 221 g/mol. The molecule has 0 saturated carbocycles. The summed E-state index contributed by atoms with van der Waals surface area (Å²) in [6.07, 6.45) is 0. The number of thioether (sulfide) groups is 1. The lowest BCUT2D eigenvalue weighted by atomic mass is 10.3. The van der Waals surface area contributed by atoms with Gasteiger partial charge < -0.3 is 4.74 Å². The Morgan fingerprint density at radius 2 is 2.08 bits per heavy atom. The van der Waals surface area contributed by atoms with Crippen LogP contribution in [0.25, 0.3) is 0 Å². The van der Waals surface area contributed by atoms with Crippen molar-refractivity contribution in [3.8, 4) is 5.75 Å². The maximum Gasteiger partial charge on any atom is 0.182 e. The van der Waals surface area contributed by atoms with Crippen LogP contribution < -0.4 is 4.74 Å². The Balaban J connectivity index is 2.49. The molecule has 0 aromatic heterocycles. The fourth-order valence-corrected chi connectivity index (χ4v) is 1.67. The van der Waals surface area contributed by atoms with E-state index in [1.807, 2.05) is 24.3 Å². The molecular formula is C9H10ClFOS. The molecule has 0 aliphatic heterocycles. The van der Waals surface area contributed by atoms with Crippen molar-refractivity contribution in [2.24, 2.45) is 0 Å². The van der Waals surface area contributed by atoms with Crippen LogP contribution in [-0.4, -0.2) is 18.5 Å². The second-order valence-corrected chi connectivity index (χ2v) is 3.94. The summed E-state index contributed by atoms with van der Waals surface area (Å²) in [5, 5.41) is 0. The topological polar surface area (TPSA) is 9.23 Å². The van der Waals surface area contributed by atoms with Gasteiger partial charge in [-0.15, -0.1) is 11.8 Å². The zero-order valence-corrected chi connectivity index (χ0v) is 8.74. The maximum absolute atomic E-state index is 12.3. The molecule has 0 bridgehead atoms. The van der Waals surface area contributed by atoms with Crippen molar-refractivity contribution in [3.05, 3.63) is 24.3 Å². The van der Waals surface area contributed by atoms with Crippen molar-refractivity contribution in [2.75, 3.05) is 12.9 Å². The molecule has 1 aromatic rings. The van der Waals surface area contributed by atoms with Gasteiger partial charge in [-0.2, -0.15) is 0 Å². The van der Waals surface area contributed by atoms with Crippen molar-refractivity contribution < 1.29 is 9.13 Å². The van der Waals surface area contributed by atoms with Gasteiger partial charge in [0.2, 0.25) is 0 Å². The lowest BCUT2D eigenvalue weighted by Gasteiger charge is -2.02. The molecule has 1 unspecified atom stereocenters. The summed E-state index contributed by atoms with van der Waals surface area (Å²) in [7, 11) is 1.61. The first-order valence-electron chi connectivity index (χ1n) is 3.77. The Bertz CT molecular complexity index is 250. The fraction of sp³-hybridized carbons (Fsp3) is 0.333. The number of rotatable bonds is 4. The van der Waals surface area contributed by atoms with Gasteiger partial charge in [0.1, 0.15) is 5.75 Å². The van der Waals surface area contributed by atoms with Gasteiger partial charge >= 0.3 is 0 Å². The van der Waals surface area contributed by atoms with Crippen LogP contribution in [0.5, 0.6) is 5.75 Å². The molecule has 0 aliphatic rings. The number of halogens is 2. The predicted molar refractivity (Wildman–Crippen MR) is 54.5 cm³/mol. The van der Waals surface area contributed by atoms with E-state index in [2.05, 4.69) is 0 Å². The molecule has 0 saturated heterocycles. The molecule has 0 N–H and O–H groups in total. The normalized spacial score (nSPS) is 12.5. The number of hydrogen-bond donors (Lipinski definition) is 0. The van der Waals surface area contributed by atoms with Gasteiger partial charge in [0.05, 0.1) is 7.11 Å². The Labute approximate surface area is 86.2 Å². The number of methoxy groups -OCH3 is 1. The molecular weight excluding hydrogens is 211 g/mol. The van der Waals surface area contributed by atoms with Crippen LogP contribution >= 0.6 is 23.4 Å². The third-order valence-electron chi connectivity index (χ3n) is 1.44. The van der Waals surface area contributed by atoms with E-state index in [9.17, 15) is 4.39 Å². The monoisotopic (exact) mass is 220 g/mol. The van der Waals surface area contributed by atoms with E-state index in [0.717, 1.165) is 10.6 Å². The van der Waals surface area contributed by atoms with E-state index in [4.69, 9.17) is 16.3 Å². The van der Waals surface area contributed by atoms with Crippen LogP contribution in [0.2, 0.25) is 0 Å². The quantitative estimate of drug-likeness (QED) is 0.569. The second-order valence-electron chi connectivity index (χ2n) is 2.38. The molecule has 1 aromatic carbocycles.